The minimum Gasteiger partial charge on any atom is -0.399 e. The number of halogens is 8. The number of ether oxygens (including phenoxy) is 1. The third-order valence-electron chi connectivity index (χ3n) is 7.82. The van der Waals surface area contributed by atoms with E-state index in [1.165, 1.54) is 7.11 Å². The first-order valence-corrected chi connectivity index (χ1v) is 15.5. The zero-order valence-electron chi connectivity index (χ0n) is 25.3. The highest BCUT2D eigenvalue weighted by Crippen LogP contribution is 2.37. The number of rotatable bonds is 12. The Balaban J connectivity index is 1.44. The molecule has 1 N–H and O–H groups in total. The zero-order valence-corrected chi connectivity index (χ0v) is 26.8. The standard InChI is InChI=1S/C33H33Cl2F6N3O3/c1-46-43-30(20-47-19-21-15-24(32(36,37)38)18-25(16-21)33(39,40)41)27(23-7-8-28(34)29(35)17-23)11-14-44-12-9-26(10-13-44)42-31(45)22-5-3-2-4-6-22/h2-8,15-18,26-27H,9-14,19-20H2,1H3,(H,42,45)/b43-30+. The van der Waals surface area contributed by atoms with Crippen molar-refractivity contribution in [2.24, 2.45) is 5.16 Å². The Morgan fingerprint density at radius 3 is 2.15 bits per heavy atom. The zero-order chi connectivity index (χ0) is 34.2. The van der Waals surface area contributed by atoms with Gasteiger partial charge in [0.15, 0.2) is 0 Å². The molecule has 0 aliphatic carbocycles. The van der Waals surface area contributed by atoms with E-state index in [2.05, 4.69) is 15.4 Å². The van der Waals surface area contributed by atoms with E-state index in [1.807, 2.05) is 18.2 Å². The van der Waals surface area contributed by atoms with Gasteiger partial charge in [-0.3, -0.25) is 4.79 Å². The van der Waals surface area contributed by atoms with Crippen LogP contribution in [-0.4, -0.2) is 55.9 Å². The van der Waals surface area contributed by atoms with Gasteiger partial charge in [-0.2, -0.15) is 26.3 Å². The van der Waals surface area contributed by atoms with Crippen LogP contribution in [-0.2, 0) is 28.5 Å². The molecule has 1 atom stereocenters. The molecule has 6 nitrogen and oxygen atoms in total. The maximum atomic E-state index is 13.3. The molecule has 1 unspecified atom stereocenters. The van der Waals surface area contributed by atoms with Crippen molar-refractivity contribution >= 4 is 34.8 Å². The average molecular weight is 705 g/mol. The minimum atomic E-state index is -4.97. The first-order chi connectivity index (χ1) is 22.2. The van der Waals surface area contributed by atoms with E-state index in [1.54, 1.807) is 30.3 Å². The topological polar surface area (TPSA) is 63.2 Å². The highest BCUT2D eigenvalue weighted by atomic mass is 35.5. The van der Waals surface area contributed by atoms with E-state index in [-0.39, 0.29) is 30.2 Å². The number of benzene rings is 3. The molecule has 1 heterocycles. The predicted octanol–water partition coefficient (Wildman–Crippen LogP) is 8.62. The molecule has 14 heteroatoms. The van der Waals surface area contributed by atoms with Crippen molar-refractivity contribution < 1.29 is 40.7 Å². The number of amides is 1. The number of oxime groups is 1. The second-order valence-corrected chi connectivity index (χ2v) is 12.0. The maximum Gasteiger partial charge on any atom is 0.416 e. The Hall–Kier alpha value is -3.32. The first-order valence-electron chi connectivity index (χ1n) is 14.7. The Kier molecular flexibility index (Phi) is 12.6. The first kappa shape index (κ1) is 36.5. The summed E-state index contributed by atoms with van der Waals surface area (Å²) in [5, 5.41) is 7.84. The Morgan fingerprint density at radius 2 is 1.57 bits per heavy atom. The molecule has 1 amide bonds. The van der Waals surface area contributed by atoms with Crippen molar-refractivity contribution in [1.29, 1.82) is 0 Å². The molecule has 3 aromatic rings. The third kappa shape index (κ3) is 10.6. The second-order valence-electron chi connectivity index (χ2n) is 11.1. The smallest absolute Gasteiger partial charge is 0.399 e. The van der Waals surface area contributed by atoms with Crippen LogP contribution in [0.2, 0.25) is 10.0 Å². The lowest BCUT2D eigenvalue weighted by atomic mass is 9.90. The molecule has 4 rings (SSSR count). The van der Waals surface area contributed by atoms with Gasteiger partial charge in [0.1, 0.15) is 7.11 Å². The number of carbonyl (C=O) groups excluding carboxylic acids is 1. The SMILES string of the molecule is CO/N=C(\COCc1cc(C(F)(F)F)cc(C(F)(F)F)c1)C(CCN1CCC(NC(=O)c2ccccc2)CC1)c1ccc(Cl)c(Cl)c1. The molecule has 254 valence electrons. The molecule has 1 aliphatic heterocycles. The molecule has 0 bridgehead atoms. The van der Waals surface area contributed by atoms with Gasteiger partial charge < -0.3 is 19.8 Å². The van der Waals surface area contributed by atoms with Crippen LogP contribution in [0.1, 0.15) is 57.8 Å². The summed E-state index contributed by atoms with van der Waals surface area (Å²) in [5.41, 5.74) is -1.46. The summed E-state index contributed by atoms with van der Waals surface area (Å²) in [6, 6.07) is 15.4. The molecule has 0 radical (unpaired) electrons. The van der Waals surface area contributed by atoms with Gasteiger partial charge in [0.25, 0.3) is 5.91 Å². The highest BCUT2D eigenvalue weighted by molar-refractivity contribution is 6.42. The maximum absolute atomic E-state index is 13.3. The molecule has 0 aromatic heterocycles. The van der Waals surface area contributed by atoms with Crippen LogP contribution >= 0.6 is 23.2 Å². The fourth-order valence-electron chi connectivity index (χ4n) is 5.41. The second kappa shape index (κ2) is 16.2. The van der Waals surface area contributed by atoms with Gasteiger partial charge in [-0.05, 0) is 79.4 Å². The molecule has 0 saturated carbocycles. The van der Waals surface area contributed by atoms with Crippen molar-refractivity contribution in [3.63, 3.8) is 0 Å². The van der Waals surface area contributed by atoms with Gasteiger partial charge in [0.2, 0.25) is 0 Å². The van der Waals surface area contributed by atoms with E-state index in [9.17, 15) is 31.1 Å². The van der Waals surface area contributed by atoms with Gasteiger partial charge in [-0.15, -0.1) is 0 Å². The lowest BCUT2D eigenvalue weighted by molar-refractivity contribution is -0.143. The predicted molar refractivity (Wildman–Crippen MR) is 168 cm³/mol. The van der Waals surface area contributed by atoms with Crippen LogP contribution in [0.25, 0.3) is 0 Å². The Bertz CT molecular complexity index is 1500. The number of nitrogens with zero attached hydrogens (tertiary/aromatic N) is 2. The van der Waals surface area contributed by atoms with Gasteiger partial charge in [-0.25, -0.2) is 0 Å². The molecular weight excluding hydrogens is 671 g/mol. The van der Waals surface area contributed by atoms with Crippen molar-refractivity contribution in [3.05, 3.63) is 105 Å². The lowest BCUT2D eigenvalue weighted by Gasteiger charge is -2.33. The van der Waals surface area contributed by atoms with Crippen LogP contribution in [0.3, 0.4) is 0 Å². The number of alkyl halides is 6. The van der Waals surface area contributed by atoms with E-state index in [4.69, 9.17) is 32.8 Å². The summed E-state index contributed by atoms with van der Waals surface area (Å²) >= 11 is 12.5. The monoisotopic (exact) mass is 703 g/mol. The summed E-state index contributed by atoms with van der Waals surface area (Å²) in [5.74, 6) is -0.559. The van der Waals surface area contributed by atoms with E-state index in [0.717, 1.165) is 31.5 Å². The van der Waals surface area contributed by atoms with Crippen LogP contribution in [0.15, 0.2) is 71.9 Å². The molecule has 47 heavy (non-hydrogen) atoms. The molecular formula is C33H33Cl2F6N3O3. The van der Waals surface area contributed by atoms with Crippen molar-refractivity contribution in [2.45, 2.75) is 50.2 Å². The molecule has 0 spiro atoms. The van der Waals surface area contributed by atoms with E-state index in [0.29, 0.717) is 46.4 Å². The van der Waals surface area contributed by atoms with Gasteiger partial charge in [0.05, 0.1) is 40.1 Å². The molecule has 1 aliphatic rings. The summed E-state index contributed by atoms with van der Waals surface area (Å²) in [4.78, 5) is 19.9. The quantitative estimate of drug-likeness (QED) is 0.117. The Morgan fingerprint density at radius 1 is 0.936 bits per heavy atom. The summed E-state index contributed by atoms with van der Waals surface area (Å²) in [6.45, 7) is 1.27. The summed E-state index contributed by atoms with van der Waals surface area (Å²) < 4.78 is 85.7. The van der Waals surface area contributed by atoms with E-state index < -0.39 is 36.0 Å². The lowest BCUT2D eigenvalue weighted by Crippen LogP contribution is -2.45. The molecule has 3 aromatic carbocycles. The minimum absolute atomic E-state index is 0.0255. The van der Waals surface area contributed by atoms with Crippen molar-refractivity contribution in [3.8, 4) is 0 Å². The summed E-state index contributed by atoms with van der Waals surface area (Å²) in [7, 11) is 1.32. The van der Waals surface area contributed by atoms with Crippen molar-refractivity contribution in [1.82, 2.24) is 10.2 Å². The highest BCUT2D eigenvalue weighted by Gasteiger charge is 2.37. The normalized spacial score (nSPS) is 15.8. The third-order valence-corrected chi connectivity index (χ3v) is 8.55. The van der Waals surface area contributed by atoms with Gasteiger partial charge >= 0.3 is 12.4 Å². The number of carbonyl (C=O) groups is 1. The molecule has 1 fully saturated rings. The number of likely N-dealkylation sites (tertiary alicyclic amines) is 1. The van der Waals surface area contributed by atoms with Gasteiger partial charge in [-0.1, -0.05) is 52.6 Å². The van der Waals surface area contributed by atoms with Crippen LogP contribution in [0.4, 0.5) is 26.3 Å². The largest absolute Gasteiger partial charge is 0.416 e. The number of hydrogen-bond acceptors (Lipinski definition) is 5. The van der Waals surface area contributed by atoms with Crippen molar-refractivity contribution in [2.75, 3.05) is 33.4 Å². The van der Waals surface area contributed by atoms with Crippen LogP contribution in [0.5, 0.6) is 0 Å². The number of hydrogen-bond donors (Lipinski definition) is 1. The average Bonchev–Trinajstić information content (AvgIpc) is 3.03. The Labute approximate surface area is 278 Å². The summed E-state index contributed by atoms with van der Waals surface area (Å²) in [6.07, 6.45) is -7.95. The number of nitrogens with one attached hydrogen (secondary N) is 1. The van der Waals surface area contributed by atoms with Crippen LogP contribution in [0, 0.1) is 0 Å². The van der Waals surface area contributed by atoms with E-state index >= 15 is 0 Å². The number of piperidine rings is 1. The van der Waals surface area contributed by atoms with Crippen LogP contribution < -0.4 is 5.32 Å². The fraction of sp³-hybridized carbons (Fsp3) is 0.394. The molecule has 1 saturated heterocycles. The fourth-order valence-corrected chi connectivity index (χ4v) is 5.72. The van der Waals surface area contributed by atoms with Gasteiger partial charge in [0, 0.05) is 30.6 Å².